The molecule has 0 spiro atoms. The number of rotatable bonds is 8. The van der Waals surface area contributed by atoms with E-state index in [0.29, 0.717) is 23.2 Å². The van der Waals surface area contributed by atoms with Gasteiger partial charge in [0, 0.05) is 4.90 Å². The zero-order chi connectivity index (χ0) is 23.0. The third-order valence-corrected chi connectivity index (χ3v) is 13.9. The quantitative estimate of drug-likeness (QED) is 0.503. The van der Waals surface area contributed by atoms with E-state index in [-0.39, 0.29) is 12.2 Å². The maximum absolute atomic E-state index is 11.1. The molecule has 1 aromatic carbocycles. The summed E-state index contributed by atoms with van der Waals surface area (Å²) < 4.78 is 25.6. The van der Waals surface area contributed by atoms with E-state index in [2.05, 4.69) is 41.5 Å². The van der Waals surface area contributed by atoms with Crippen molar-refractivity contribution in [1.82, 2.24) is 0 Å². The smallest absolute Gasteiger partial charge is 0.200 e. The number of aliphatic hydroxyl groups is 1. The molecule has 5 nitrogen and oxygen atoms in total. The fraction of sp³-hybridized carbons (Fsp3) is 0.750. The number of thioether (sulfide) groups is 1. The molecule has 2 heterocycles. The van der Waals surface area contributed by atoms with Crippen LogP contribution in [0.15, 0.2) is 35.2 Å². The molecule has 0 bridgehead atoms. The Balaban J connectivity index is 1.83. The van der Waals surface area contributed by atoms with E-state index in [4.69, 9.17) is 18.6 Å². The lowest BCUT2D eigenvalue weighted by Gasteiger charge is -2.45. The molecule has 0 aliphatic carbocycles. The average Bonchev–Trinajstić information content (AvgIpc) is 3.01. The Morgan fingerprint density at radius 1 is 0.968 bits per heavy atom. The van der Waals surface area contributed by atoms with Gasteiger partial charge in [-0.1, -0.05) is 71.5 Å². The number of hydrogen-bond donors (Lipinski definition) is 1. The molecule has 2 saturated heterocycles. The predicted octanol–water partition coefficient (Wildman–Crippen LogP) is 5.58. The average molecular weight is 469 g/mol. The van der Waals surface area contributed by atoms with Crippen molar-refractivity contribution in [2.45, 2.75) is 113 Å². The summed E-state index contributed by atoms with van der Waals surface area (Å²) in [6, 6.07) is 10.0. The Morgan fingerprint density at radius 3 is 2.06 bits per heavy atom. The molecule has 0 radical (unpaired) electrons. The first kappa shape index (κ1) is 25.2. The number of aliphatic hydroxyl groups excluding tert-OH is 1. The largest absolute Gasteiger partial charge is 0.413 e. The Kier molecular flexibility index (Phi) is 8.00. The van der Waals surface area contributed by atoms with E-state index in [1.165, 1.54) is 11.8 Å². The lowest BCUT2D eigenvalue weighted by molar-refractivity contribution is -0.167. The summed E-state index contributed by atoms with van der Waals surface area (Å²) in [4.78, 5) is 1.05. The minimum Gasteiger partial charge on any atom is -0.413 e. The molecule has 5 atom stereocenters. The van der Waals surface area contributed by atoms with Gasteiger partial charge >= 0.3 is 0 Å². The van der Waals surface area contributed by atoms with Crippen molar-refractivity contribution < 1.29 is 23.7 Å². The highest BCUT2D eigenvalue weighted by molar-refractivity contribution is 7.99. The van der Waals surface area contributed by atoms with Gasteiger partial charge in [-0.2, -0.15) is 0 Å². The van der Waals surface area contributed by atoms with Crippen LogP contribution in [0.4, 0.5) is 0 Å². The van der Waals surface area contributed by atoms with E-state index in [0.717, 1.165) is 4.90 Å². The van der Waals surface area contributed by atoms with Gasteiger partial charge in [-0.05, 0) is 42.6 Å². The van der Waals surface area contributed by atoms with E-state index in [1.54, 1.807) is 0 Å². The Labute approximate surface area is 193 Å². The zero-order valence-corrected chi connectivity index (χ0v) is 22.0. The lowest BCUT2D eigenvalue weighted by Crippen LogP contribution is -2.58. The molecule has 31 heavy (non-hydrogen) atoms. The molecular weight excluding hydrogens is 428 g/mol. The Morgan fingerprint density at radius 2 is 1.52 bits per heavy atom. The fourth-order valence-corrected chi connectivity index (χ4v) is 12.0. The third-order valence-electron chi connectivity index (χ3n) is 6.65. The summed E-state index contributed by atoms with van der Waals surface area (Å²) in [6.45, 7) is 18.0. The van der Waals surface area contributed by atoms with Crippen LogP contribution >= 0.6 is 11.8 Å². The van der Waals surface area contributed by atoms with Crippen molar-refractivity contribution in [3.05, 3.63) is 30.3 Å². The molecule has 0 saturated carbocycles. The van der Waals surface area contributed by atoms with Gasteiger partial charge in [0.1, 0.15) is 29.9 Å². The molecule has 176 valence electrons. The van der Waals surface area contributed by atoms with Gasteiger partial charge in [-0.15, -0.1) is 0 Å². The zero-order valence-electron chi connectivity index (χ0n) is 20.2. The normalized spacial score (nSPS) is 30.9. The van der Waals surface area contributed by atoms with Gasteiger partial charge < -0.3 is 23.7 Å². The molecular formula is C24H40O5SSi. The van der Waals surface area contributed by atoms with E-state index < -0.39 is 31.7 Å². The molecule has 1 N–H and O–H groups in total. The summed E-state index contributed by atoms with van der Waals surface area (Å²) in [7, 11) is -2.05. The van der Waals surface area contributed by atoms with Crippen LogP contribution in [0.1, 0.15) is 55.4 Å². The summed E-state index contributed by atoms with van der Waals surface area (Å²) in [5.41, 5.74) is 1.03. The fourth-order valence-electron chi connectivity index (χ4n) is 5.45. The van der Waals surface area contributed by atoms with E-state index in [1.807, 2.05) is 44.2 Å². The Bertz CT molecular complexity index is 689. The Hall–Kier alpha value is -0.413. The summed E-state index contributed by atoms with van der Waals surface area (Å²) in [6.07, 6.45) is -1.86. The van der Waals surface area contributed by atoms with Gasteiger partial charge in [0.15, 0.2) is 14.1 Å². The van der Waals surface area contributed by atoms with Crippen LogP contribution in [0.5, 0.6) is 0 Å². The van der Waals surface area contributed by atoms with Crippen molar-refractivity contribution in [2.24, 2.45) is 0 Å². The molecule has 2 aliphatic rings. The van der Waals surface area contributed by atoms with Gasteiger partial charge in [0.2, 0.25) is 0 Å². The molecule has 0 amide bonds. The highest BCUT2D eigenvalue weighted by Crippen LogP contribution is 2.45. The van der Waals surface area contributed by atoms with E-state index in [9.17, 15) is 5.11 Å². The van der Waals surface area contributed by atoms with Crippen LogP contribution < -0.4 is 0 Å². The third kappa shape index (κ3) is 5.23. The summed E-state index contributed by atoms with van der Waals surface area (Å²) >= 11 is 1.53. The molecule has 0 aromatic heterocycles. The summed E-state index contributed by atoms with van der Waals surface area (Å²) in [5.74, 6) is -0.757. The van der Waals surface area contributed by atoms with Crippen LogP contribution in [-0.4, -0.2) is 55.7 Å². The van der Waals surface area contributed by atoms with Crippen LogP contribution in [-0.2, 0) is 18.6 Å². The van der Waals surface area contributed by atoms with Crippen molar-refractivity contribution in [2.75, 3.05) is 6.61 Å². The highest BCUT2D eigenvalue weighted by Gasteiger charge is 2.56. The van der Waals surface area contributed by atoms with Crippen LogP contribution in [0, 0.1) is 0 Å². The molecule has 7 heteroatoms. The maximum atomic E-state index is 11.1. The first-order valence-electron chi connectivity index (χ1n) is 11.5. The number of hydrogen-bond acceptors (Lipinski definition) is 6. The van der Waals surface area contributed by atoms with Gasteiger partial charge in [-0.25, -0.2) is 0 Å². The minimum atomic E-state index is -2.05. The van der Waals surface area contributed by atoms with Crippen LogP contribution in [0.25, 0.3) is 0 Å². The topological polar surface area (TPSA) is 57.2 Å². The predicted molar refractivity (Wildman–Crippen MR) is 128 cm³/mol. The summed E-state index contributed by atoms with van der Waals surface area (Å²) in [5, 5.41) is 11.1. The van der Waals surface area contributed by atoms with Gasteiger partial charge in [0.25, 0.3) is 0 Å². The second kappa shape index (κ2) is 9.83. The minimum absolute atomic E-state index is 0.292. The van der Waals surface area contributed by atoms with Gasteiger partial charge in [-0.3, -0.25) is 0 Å². The van der Waals surface area contributed by atoms with Crippen molar-refractivity contribution in [3.63, 3.8) is 0 Å². The van der Waals surface area contributed by atoms with Crippen molar-refractivity contribution in [1.29, 1.82) is 0 Å². The standard InChI is InChI=1S/C24H40O5SSi/c1-15(2)31(16(3)4,17(5)6)26-14-19-21-22(29-24(7,8)28-21)20(25)23(27-19)30-18-12-10-9-11-13-18/h9-13,15-17,19-23,25H,14H2,1-8H3/t19-,20-,21+,22-,23+/m1/s1. The van der Waals surface area contributed by atoms with Gasteiger partial charge in [0.05, 0.1) is 6.61 Å². The number of benzene rings is 1. The van der Waals surface area contributed by atoms with Crippen LogP contribution in [0.3, 0.4) is 0 Å². The molecule has 1 aromatic rings. The molecule has 3 rings (SSSR count). The second-order valence-corrected chi connectivity index (χ2v) is 16.8. The second-order valence-electron chi connectivity index (χ2n) is 10.2. The van der Waals surface area contributed by atoms with Crippen molar-refractivity contribution in [3.8, 4) is 0 Å². The lowest BCUT2D eigenvalue weighted by atomic mass is 10.0. The monoisotopic (exact) mass is 468 g/mol. The SMILES string of the molecule is CC(C)[Si](OC[C@H]1O[C@@H](Sc2ccccc2)[C@H](O)[C@H]2OC(C)(C)O[C@H]21)(C(C)C)C(C)C. The van der Waals surface area contributed by atoms with Crippen LogP contribution in [0.2, 0.25) is 16.6 Å². The first-order chi connectivity index (χ1) is 14.5. The molecule has 2 fully saturated rings. The first-order valence-corrected chi connectivity index (χ1v) is 14.5. The molecule has 0 unspecified atom stereocenters. The number of ether oxygens (including phenoxy) is 3. The highest BCUT2D eigenvalue weighted by atomic mass is 32.2. The number of fused-ring (bicyclic) bond motifs is 1. The van der Waals surface area contributed by atoms with E-state index >= 15 is 0 Å². The maximum Gasteiger partial charge on any atom is 0.200 e. The van der Waals surface area contributed by atoms with Crippen molar-refractivity contribution >= 4 is 20.1 Å². The molecule has 2 aliphatic heterocycles.